The van der Waals surface area contributed by atoms with Crippen molar-refractivity contribution in [1.82, 2.24) is 4.98 Å². The van der Waals surface area contributed by atoms with Gasteiger partial charge in [-0.1, -0.05) is 23.8 Å². The Bertz CT molecular complexity index is 532. The quantitative estimate of drug-likeness (QED) is 0.714. The fourth-order valence-corrected chi connectivity index (χ4v) is 1.72. The highest BCUT2D eigenvalue weighted by atomic mass is 16.1. The maximum absolute atomic E-state index is 10.7. The summed E-state index contributed by atoms with van der Waals surface area (Å²) in [6, 6.07) is 8.14. The van der Waals surface area contributed by atoms with E-state index in [4.69, 9.17) is 0 Å². The average Bonchev–Trinajstić information content (AvgIpc) is 2.32. The molecular formula is C14H13NO. The largest absolute Gasteiger partial charge is 0.298 e. The van der Waals surface area contributed by atoms with Crippen LogP contribution in [0.25, 0.3) is 11.1 Å². The van der Waals surface area contributed by atoms with E-state index in [1.54, 1.807) is 12.4 Å². The number of hydrogen-bond donors (Lipinski definition) is 0. The SMILES string of the molecule is Cc1ccc(C)c(-c2cncc(C=O)c2)c1. The lowest BCUT2D eigenvalue weighted by Crippen LogP contribution is -1.88. The molecule has 2 heteroatoms. The Morgan fingerprint density at radius 3 is 2.69 bits per heavy atom. The predicted molar refractivity (Wildman–Crippen MR) is 64.5 cm³/mol. The first kappa shape index (κ1) is 10.6. The fraction of sp³-hybridized carbons (Fsp3) is 0.143. The zero-order valence-electron chi connectivity index (χ0n) is 9.40. The van der Waals surface area contributed by atoms with Crippen LogP contribution in [0.1, 0.15) is 21.5 Å². The van der Waals surface area contributed by atoms with Crippen molar-refractivity contribution in [3.05, 3.63) is 53.3 Å². The number of aryl methyl sites for hydroxylation is 2. The molecule has 1 aromatic heterocycles. The Balaban J connectivity index is 2.57. The molecule has 0 aliphatic rings. The number of rotatable bonds is 2. The molecule has 2 aromatic rings. The second kappa shape index (κ2) is 4.27. The molecule has 0 spiro atoms. The van der Waals surface area contributed by atoms with Crippen LogP contribution in [0.15, 0.2) is 36.7 Å². The van der Waals surface area contributed by atoms with Gasteiger partial charge in [0.25, 0.3) is 0 Å². The van der Waals surface area contributed by atoms with Crippen LogP contribution in [-0.2, 0) is 0 Å². The highest BCUT2D eigenvalue weighted by Crippen LogP contribution is 2.24. The second-order valence-electron chi connectivity index (χ2n) is 3.94. The summed E-state index contributed by atoms with van der Waals surface area (Å²) < 4.78 is 0. The summed E-state index contributed by atoms with van der Waals surface area (Å²) in [5, 5.41) is 0. The molecule has 0 saturated heterocycles. The fourth-order valence-electron chi connectivity index (χ4n) is 1.72. The van der Waals surface area contributed by atoms with E-state index in [9.17, 15) is 4.79 Å². The molecule has 0 saturated carbocycles. The Kier molecular flexibility index (Phi) is 2.82. The average molecular weight is 211 g/mol. The minimum atomic E-state index is 0.610. The van der Waals surface area contributed by atoms with Crippen molar-refractivity contribution < 1.29 is 4.79 Å². The lowest BCUT2D eigenvalue weighted by molar-refractivity contribution is 0.112. The van der Waals surface area contributed by atoms with E-state index < -0.39 is 0 Å². The summed E-state index contributed by atoms with van der Waals surface area (Å²) in [7, 11) is 0. The Hall–Kier alpha value is -1.96. The number of pyridine rings is 1. The van der Waals surface area contributed by atoms with Gasteiger partial charge in [0.15, 0.2) is 6.29 Å². The third-order valence-corrected chi connectivity index (χ3v) is 2.60. The number of nitrogens with zero attached hydrogens (tertiary/aromatic N) is 1. The van der Waals surface area contributed by atoms with Crippen molar-refractivity contribution in [2.24, 2.45) is 0 Å². The van der Waals surface area contributed by atoms with Crippen LogP contribution in [0.2, 0.25) is 0 Å². The van der Waals surface area contributed by atoms with Gasteiger partial charge in [0, 0.05) is 23.5 Å². The van der Waals surface area contributed by atoms with Gasteiger partial charge in [0.1, 0.15) is 0 Å². The first-order valence-corrected chi connectivity index (χ1v) is 5.18. The Morgan fingerprint density at radius 2 is 1.94 bits per heavy atom. The van der Waals surface area contributed by atoms with Crippen LogP contribution >= 0.6 is 0 Å². The van der Waals surface area contributed by atoms with Gasteiger partial charge in [0.2, 0.25) is 0 Å². The van der Waals surface area contributed by atoms with E-state index in [1.807, 2.05) is 6.07 Å². The van der Waals surface area contributed by atoms with Gasteiger partial charge in [-0.15, -0.1) is 0 Å². The van der Waals surface area contributed by atoms with Crippen LogP contribution in [0.4, 0.5) is 0 Å². The lowest BCUT2D eigenvalue weighted by atomic mass is 9.99. The van der Waals surface area contributed by atoms with Crippen molar-refractivity contribution >= 4 is 6.29 Å². The van der Waals surface area contributed by atoms with Crippen molar-refractivity contribution in [2.45, 2.75) is 13.8 Å². The number of hydrogen-bond acceptors (Lipinski definition) is 2. The lowest BCUT2D eigenvalue weighted by Gasteiger charge is -2.07. The van der Waals surface area contributed by atoms with Crippen LogP contribution in [0, 0.1) is 13.8 Å². The van der Waals surface area contributed by atoms with Crippen LogP contribution in [-0.4, -0.2) is 11.3 Å². The number of aromatic nitrogens is 1. The van der Waals surface area contributed by atoms with Gasteiger partial charge < -0.3 is 0 Å². The zero-order chi connectivity index (χ0) is 11.5. The van der Waals surface area contributed by atoms with E-state index >= 15 is 0 Å². The molecule has 0 amide bonds. The number of carbonyl (C=O) groups excluding carboxylic acids is 1. The first-order chi connectivity index (χ1) is 7.70. The van der Waals surface area contributed by atoms with Crippen LogP contribution < -0.4 is 0 Å². The van der Waals surface area contributed by atoms with Gasteiger partial charge in [-0.2, -0.15) is 0 Å². The third-order valence-electron chi connectivity index (χ3n) is 2.60. The predicted octanol–water partition coefficient (Wildman–Crippen LogP) is 3.18. The first-order valence-electron chi connectivity index (χ1n) is 5.18. The van der Waals surface area contributed by atoms with E-state index in [0.717, 1.165) is 17.4 Å². The molecular weight excluding hydrogens is 198 g/mol. The molecule has 0 atom stereocenters. The molecule has 80 valence electrons. The third kappa shape index (κ3) is 2.01. The number of aldehydes is 1. The molecule has 0 unspecified atom stereocenters. The minimum absolute atomic E-state index is 0.610. The van der Waals surface area contributed by atoms with E-state index in [2.05, 4.69) is 37.0 Å². The zero-order valence-corrected chi connectivity index (χ0v) is 9.40. The highest BCUT2D eigenvalue weighted by Gasteiger charge is 2.03. The van der Waals surface area contributed by atoms with Gasteiger partial charge >= 0.3 is 0 Å². The number of benzene rings is 1. The molecule has 0 N–H and O–H groups in total. The maximum atomic E-state index is 10.7. The van der Waals surface area contributed by atoms with E-state index in [-0.39, 0.29) is 0 Å². The van der Waals surface area contributed by atoms with Crippen LogP contribution in [0.5, 0.6) is 0 Å². The smallest absolute Gasteiger partial charge is 0.151 e. The molecule has 0 aliphatic carbocycles. The summed E-state index contributed by atoms with van der Waals surface area (Å²) in [4.78, 5) is 14.8. The Morgan fingerprint density at radius 1 is 1.12 bits per heavy atom. The Labute approximate surface area is 95.0 Å². The van der Waals surface area contributed by atoms with Gasteiger partial charge in [-0.05, 0) is 31.0 Å². The van der Waals surface area contributed by atoms with E-state index in [1.165, 1.54) is 11.1 Å². The van der Waals surface area contributed by atoms with Crippen molar-refractivity contribution in [2.75, 3.05) is 0 Å². The molecule has 1 heterocycles. The summed E-state index contributed by atoms with van der Waals surface area (Å²) in [5.74, 6) is 0. The topological polar surface area (TPSA) is 30.0 Å². The normalized spacial score (nSPS) is 10.1. The summed E-state index contributed by atoms with van der Waals surface area (Å²) >= 11 is 0. The molecule has 0 radical (unpaired) electrons. The number of carbonyl (C=O) groups is 1. The minimum Gasteiger partial charge on any atom is -0.298 e. The molecule has 2 nitrogen and oxygen atoms in total. The second-order valence-corrected chi connectivity index (χ2v) is 3.94. The molecule has 0 aliphatic heterocycles. The molecule has 1 aromatic carbocycles. The van der Waals surface area contributed by atoms with Crippen molar-refractivity contribution in [3.8, 4) is 11.1 Å². The van der Waals surface area contributed by atoms with Gasteiger partial charge in [-0.3, -0.25) is 9.78 Å². The molecule has 2 rings (SSSR count). The van der Waals surface area contributed by atoms with Crippen molar-refractivity contribution in [3.63, 3.8) is 0 Å². The molecule has 0 fully saturated rings. The summed E-state index contributed by atoms with van der Waals surface area (Å²) in [6.45, 7) is 4.11. The molecule has 16 heavy (non-hydrogen) atoms. The van der Waals surface area contributed by atoms with Crippen molar-refractivity contribution in [1.29, 1.82) is 0 Å². The van der Waals surface area contributed by atoms with Gasteiger partial charge in [0.05, 0.1) is 0 Å². The standard InChI is InChI=1S/C14H13NO/c1-10-3-4-11(2)14(5-10)13-6-12(9-16)7-15-8-13/h3-9H,1-2H3. The maximum Gasteiger partial charge on any atom is 0.151 e. The van der Waals surface area contributed by atoms with Gasteiger partial charge in [-0.25, -0.2) is 0 Å². The van der Waals surface area contributed by atoms with E-state index in [0.29, 0.717) is 5.56 Å². The summed E-state index contributed by atoms with van der Waals surface area (Å²) in [6.07, 6.45) is 4.18. The summed E-state index contributed by atoms with van der Waals surface area (Å²) in [5.41, 5.74) is 5.13. The molecule has 0 bridgehead atoms. The monoisotopic (exact) mass is 211 g/mol. The highest BCUT2D eigenvalue weighted by molar-refractivity contribution is 5.78. The van der Waals surface area contributed by atoms with Crippen LogP contribution in [0.3, 0.4) is 0 Å².